The number of nitrogens with one attached hydrogen (secondary N) is 2. The molecule has 24 heavy (non-hydrogen) atoms. The predicted octanol–water partition coefficient (Wildman–Crippen LogP) is 2.43. The monoisotopic (exact) mass is 461 g/mol. The summed E-state index contributed by atoms with van der Waals surface area (Å²) in [5.41, 5.74) is 1.60. The Morgan fingerprint density at radius 1 is 1.17 bits per heavy atom. The molecule has 0 aromatic heterocycles. The van der Waals surface area contributed by atoms with Crippen molar-refractivity contribution in [2.75, 3.05) is 26.3 Å². The van der Waals surface area contributed by atoms with E-state index in [9.17, 15) is 13.2 Å². The summed E-state index contributed by atoms with van der Waals surface area (Å²) in [4.78, 5) is 4.35. The average Bonchev–Trinajstić information content (AvgIpc) is 2.50. The third-order valence-electron chi connectivity index (χ3n) is 2.73. The van der Waals surface area contributed by atoms with E-state index in [1.807, 2.05) is 6.92 Å². The molecule has 138 valence electrons. The van der Waals surface area contributed by atoms with Crippen LogP contribution in [0.4, 0.5) is 13.2 Å². The second kappa shape index (κ2) is 12.3. The van der Waals surface area contributed by atoms with Crippen LogP contribution in [0.3, 0.4) is 0 Å². The molecule has 0 aliphatic heterocycles. The molecule has 0 saturated heterocycles. The molecule has 0 radical (unpaired) electrons. The van der Waals surface area contributed by atoms with Crippen LogP contribution >= 0.6 is 24.0 Å². The number of benzene rings is 1. The molecular formula is C15H23F3IN3O2. The average molecular weight is 461 g/mol. The normalized spacial score (nSPS) is 11.8. The first-order chi connectivity index (χ1) is 10.9. The summed E-state index contributed by atoms with van der Waals surface area (Å²) < 4.78 is 40.5. The summed E-state index contributed by atoms with van der Waals surface area (Å²) in [6, 6.07) is 7.03. The van der Waals surface area contributed by atoms with Crippen molar-refractivity contribution in [3.8, 4) is 0 Å². The number of halogens is 4. The molecule has 0 spiro atoms. The van der Waals surface area contributed by atoms with Gasteiger partial charge in [-0.2, -0.15) is 13.2 Å². The van der Waals surface area contributed by atoms with Gasteiger partial charge in [-0.05, 0) is 18.1 Å². The van der Waals surface area contributed by atoms with Crippen LogP contribution in [0.5, 0.6) is 0 Å². The van der Waals surface area contributed by atoms with E-state index in [1.54, 1.807) is 24.3 Å². The first kappa shape index (κ1) is 22.9. The topological polar surface area (TPSA) is 65.9 Å². The summed E-state index contributed by atoms with van der Waals surface area (Å²) in [5, 5.41) is 14.8. The van der Waals surface area contributed by atoms with Gasteiger partial charge < -0.3 is 20.5 Å². The highest BCUT2D eigenvalue weighted by atomic mass is 127. The second-order valence-electron chi connectivity index (χ2n) is 4.77. The van der Waals surface area contributed by atoms with Crippen molar-refractivity contribution in [1.29, 1.82) is 0 Å². The highest BCUT2D eigenvalue weighted by molar-refractivity contribution is 14.0. The van der Waals surface area contributed by atoms with Gasteiger partial charge in [0.2, 0.25) is 0 Å². The molecule has 0 atom stereocenters. The third-order valence-corrected chi connectivity index (χ3v) is 2.73. The summed E-state index contributed by atoms with van der Waals surface area (Å²) in [6.45, 7) is 2.15. The van der Waals surface area contributed by atoms with E-state index in [0.717, 1.165) is 5.56 Å². The number of hydrogen-bond acceptors (Lipinski definition) is 3. The van der Waals surface area contributed by atoms with Crippen LogP contribution in [-0.4, -0.2) is 43.5 Å². The van der Waals surface area contributed by atoms with Crippen LogP contribution in [0.25, 0.3) is 0 Å². The van der Waals surface area contributed by atoms with Gasteiger partial charge in [0.05, 0.1) is 19.8 Å². The number of ether oxygens (including phenoxy) is 1. The first-order valence-corrected chi connectivity index (χ1v) is 7.30. The van der Waals surface area contributed by atoms with Crippen molar-refractivity contribution in [2.24, 2.45) is 4.99 Å². The van der Waals surface area contributed by atoms with Crippen LogP contribution in [0.1, 0.15) is 18.1 Å². The Balaban J connectivity index is 0.00000529. The van der Waals surface area contributed by atoms with Crippen LogP contribution in [-0.2, 0) is 17.9 Å². The first-order valence-electron chi connectivity index (χ1n) is 7.30. The van der Waals surface area contributed by atoms with Gasteiger partial charge in [0.25, 0.3) is 0 Å². The smallest absolute Gasteiger partial charge is 0.395 e. The Morgan fingerprint density at radius 2 is 1.79 bits per heavy atom. The minimum atomic E-state index is -4.31. The maximum Gasteiger partial charge on any atom is 0.411 e. The van der Waals surface area contributed by atoms with Crippen LogP contribution in [0, 0.1) is 0 Å². The highest BCUT2D eigenvalue weighted by Gasteiger charge is 2.27. The van der Waals surface area contributed by atoms with Gasteiger partial charge in [0, 0.05) is 13.1 Å². The zero-order valence-corrected chi connectivity index (χ0v) is 15.7. The zero-order chi connectivity index (χ0) is 17.1. The van der Waals surface area contributed by atoms with E-state index in [0.29, 0.717) is 31.2 Å². The summed E-state index contributed by atoms with van der Waals surface area (Å²) in [7, 11) is 0. The number of rotatable bonds is 8. The Kier molecular flexibility index (Phi) is 11.8. The lowest BCUT2D eigenvalue weighted by Gasteiger charge is -2.10. The van der Waals surface area contributed by atoms with Gasteiger partial charge in [-0.3, -0.25) is 0 Å². The standard InChI is InChI=1S/C15H22F3N3O2.HI/c1-2-19-14(20-7-8-22)21-9-12-3-5-13(6-4-12)10-23-11-15(16,17)18;/h3-6,22H,2,7-11H2,1H3,(H2,19,20,21);1H. The summed E-state index contributed by atoms with van der Waals surface area (Å²) in [6.07, 6.45) is -4.31. The molecule has 0 aliphatic rings. The largest absolute Gasteiger partial charge is 0.411 e. The Labute approximate surface area is 156 Å². The van der Waals surface area contributed by atoms with Gasteiger partial charge in [-0.25, -0.2) is 4.99 Å². The SMILES string of the molecule is CCNC(=NCc1ccc(COCC(F)(F)F)cc1)NCCO.I. The summed E-state index contributed by atoms with van der Waals surface area (Å²) >= 11 is 0. The highest BCUT2D eigenvalue weighted by Crippen LogP contribution is 2.15. The molecule has 0 fully saturated rings. The lowest BCUT2D eigenvalue weighted by Crippen LogP contribution is -2.38. The van der Waals surface area contributed by atoms with E-state index >= 15 is 0 Å². The van der Waals surface area contributed by atoms with E-state index < -0.39 is 12.8 Å². The molecule has 5 nitrogen and oxygen atoms in total. The zero-order valence-electron chi connectivity index (χ0n) is 13.4. The Bertz CT molecular complexity index is 482. The molecule has 1 aromatic carbocycles. The van der Waals surface area contributed by atoms with Gasteiger partial charge >= 0.3 is 6.18 Å². The predicted molar refractivity (Wildman–Crippen MR) is 97.5 cm³/mol. The fraction of sp³-hybridized carbons (Fsp3) is 0.533. The fourth-order valence-corrected chi connectivity index (χ4v) is 1.71. The minimum absolute atomic E-state index is 0. The molecule has 0 saturated carbocycles. The number of aliphatic hydroxyl groups excluding tert-OH is 1. The molecular weight excluding hydrogens is 438 g/mol. The van der Waals surface area contributed by atoms with Crippen molar-refractivity contribution >= 4 is 29.9 Å². The van der Waals surface area contributed by atoms with Gasteiger partial charge in [0.15, 0.2) is 5.96 Å². The number of alkyl halides is 3. The number of nitrogens with zero attached hydrogens (tertiary/aromatic N) is 1. The minimum Gasteiger partial charge on any atom is -0.395 e. The van der Waals surface area contributed by atoms with E-state index in [2.05, 4.69) is 20.4 Å². The number of aliphatic hydroxyl groups is 1. The second-order valence-corrected chi connectivity index (χ2v) is 4.77. The van der Waals surface area contributed by atoms with E-state index in [-0.39, 0.29) is 37.2 Å². The number of hydrogen-bond donors (Lipinski definition) is 3. The van der Waals surface area contributed by atoms with Gasteiger partial charge in [-0.1, -0.05) is 24.3 Å². The van der Waals surface area contributed by atoms with Crippen LogP contribution in [0.15, 0.2) is 29.3 Å². The van der Waals surface area contributed by atoms with Crippen molar-refractivity contribution in [3.63, 3.8) is 0 Å². The van der Waals surface area contributed by atoms with Crippen molar-refractivity contribution in [2.45, 2.75) is 26.3 Å². The third kappa shape index (κ3) is 10.7. The van der Waals surface area contributed by atoms with Gasteiger partial charge in [-0.15, -0.1) is 24.0 Å². The summed E-state index contributed by atoms with van der Waals surface area (Å²) in [5.74, 6) is 0.596. The molecule has 0 unspecified atom stereocenters. The molecule has 9 heteroatoms. The molecule has 1 aromatic rings. The van der Waals surface area contributed by atoms with Crippen LogP contribution < -0.4 is 10.6 Å². The molecule has 0 heterocycles. The molecule has 0 amide bonds. The maximum atomic E-state index is 12.0. The quantitative estimate of drug-likeness (QED) is 0.316. The van der Waals surface area contributed by atoms with E-state index in [1.165, 1.54) is 0 Å². The number of guanidine groups is 1. The Hall–Kier alpha value is -1.07. The molecule has 0 aliphatic carbocycles. The van der Waals surface area contributed by atoms with Crippen molar-refractivity contribution in [1.82, 2.24) is 10.6 Å². The van der Waals surface area contributed by atoms with Crippen molar-refractivity contribution < 1.29 is 23.0 Å². The van der Waals surface area contributed by atoms with Crippen LogP contribution in [0.2, 0.25) is 0 Å². The van der Waals surface area contributed by atoms with E-state index in [4.69, 9.17) is 5.11 Å². The lowest BCUT2D eigenvalue weighted by molar-refractivity contribution is -0.176. The lowest BCUT2D eigenvalue weighted by atomic mass is 10.1. The van der Waals surface area contributed by atoms with Gasteiger partial charge in [0.1, 0.15) is 6.61 Å². The maximum absolute atomic E-state index is 12.0. The molecule has 1 rings (SSSR count). The fourth-order valence-electron chi connectivity index (χ4n) is 1.71. The Morgan fingerprint density at radius 3 is 2.33 bits per heavy atom. The van der Waals surface area contributed by atoms with Crippen molar-refractivity contribution in [3.05, 3.63) is 35.4 Å². The molecule has 3 N–H and O–H groups in total. The molecule has 0 bridgehead atoms. The number of aliphatic imine (C=N–C) groups is 1.